The van der Waals surface area contributed by atoms with E-state index in [2.05, 4.69) is 5.32 Å². The second-order valence-electron chi connectivity index (χ2n) is 5.58. The standard InChI is InChI=1S/C13H22F3N3O2/c1-10-11(17-3-8-21-10)12(20)19-5-2-4-18(6-7-19)9-13(14,15)16/h10-11,17H,2-9H2,1H3/t10-,11+/m1/s1. The molecule has 0 unspecified atom stereocenters. The summed E-state index contributed by atoms with van der Waals surface area (Å²) in [6, 6.07) is -0.395. The molecule has 2 aliphatic heterocycles. The number of alkyl halides is 3. The second-order valence-corrected chi connectivity index (χ2v) is 5.58. The highest BCUT2D eigenvalue weighted by Gasteiger charge is 2.34. The van der Waals surface area contributed by atoms with Crippen LogP contribution in [0.5, 0.6) is 0 Å². The van der Waals surface area contributed by atoms with Gasteiger partial charge in [-0.2, -0.15) is 13.2 Å². The van der Waals surface area contributed by atoms with Gasteiger partial charge in [0.05, 0.1) is 19.3 Å². The Morgan fingerprint density at radius 1 is 1.29 bits per heavy atom. The largest absolute Gasteiger partial charge is 0.401 e. The van der Waals surface area contributed by atoms with Crippen LogP contribution in [0.1, 0.15) is 13.3 Å². The number of nitrogens with one attached hydrogen (secondary N) is 1. The molecule has 0 aromatic rings. The SMILES string of the molecule is C[C@H]1OCCN[C@@H]1C(=O)N1CCCN(CC(F)(F)F)CC1. The fourth-order valence-corrected chi connectivity index (χ4v) is 2.81. The van der Waals surface area contributed by atoms with Crippen LogP contribution in [0.25, 0.3) is 0 Å². The minimum absolute atomic E-state index is 0.0731. The van der Waals surface area contributed by atoms with Gasteiger partial charge in [0.1, 0.15) is 6.04 Å². The van der Waals surface area contributed by atoms with Crippen molar-refractivity contribution in [2.45, 2.75) is 31.7 Å². The summed E-state index contributed by atoms with van der Waals surface area (Å²) in [5.41, 5.74) is 0. The van der Waals surface area contributed by atoms with E-state index in [1.807, 2.05) is 6.92 Å². The summed E-state index contributed by atoms with van der Waals surface area (Å²) in [4.78, 5) is 15.5. The molecule has 0 bridgehead atoms. The lowest BCUT2D eigenvalue weighted by atomic mass is 10.1. The van der Waals surface area contributed by atoms with Gasteiger partial charge in [-0.25, -0.2) is 0 Å². The number of amides is 1. The molecular weight excluding hydrogens is 287 g/mol. The molecule has 1 amide bonds. The minimum Gasteiger partial charge on any atom is -0.375 e. The van der Waals surface area contributed by atoms with Gasteiger partial charge in [0, 0.05) is 32.7 Å². The fourth-order valence-electron chi connectivity index (χ4n) is 2.81. The van der Waals surface area contributed by atoms with Crippen molar-refractivity contribution in [2.24, 2.45) is 0 Å². The Balaban J connectivity index is 1.88. The molecular formula is C13H22F3N3O2. The molecule has 2 heterocycles. The number of rotatable bonds is 2. The molecule has 0 aromatic carbocycles. The average molecular weight is 309 g/mol. The molecule has 1 N–H and O–H groups in total. The van der Waals surface area contributed by atoms with Crippen LogP contribution in [-0.2, 0) is 9.53 Å². The summed E-state index contributed by atoms with van der Waals surface area (Å²) >= 11 is 0. The Kier molecular flexibility index (Phi) is 5.45. The van der Waals surface area contributed by atoms with E-state index in [9.17, 15) is 18.0 Å². The smallest absolute Gasteiger partial charge is 0.375 e. The highest BCUT2D eigenvalue weighted by molar-refractivity contribution is 5.82. The monoisotopic (exact) mass is 309 g/mol. The predicted octanol–water partition coefficient (Wildman–Crippen LogP) is 0.460. The maximum absolute atomic E-state index is 12.5. The summed E-state index contributed by atoms with van der Waals surface area (Å²) in [5, 5.41) is 3.13. The zero-order valence-electron chi connectivity index (χ0n) is 12.2. The minimum atomic E-state index is -4.19. The van der Waals surface area contributed by atoms with Crippen LogP contribution in [0.4, 0.5) is 13.2 Å². The number of nitrogens with zero attached hydrogens (tertiary/aromatic N) is 2. The topological polar surface area (TPSA) is 44.8 Å². The molecule has 8 heteroatoms. The van der Waals surface area contributed by atoms with Gasteiger partial charge in [0.2, 0.25) is 5.91 Å². The van der Waals surface area contributed by atoms with E-state index in [0.717, 1.165) is 0 Å². The van der Waals surface area contributed by atoms with Crippen LogP contribution in [0, 0.1) is 0 Å². The number of morpholine rings is 1. The van der Waals surface area contributed by atoms with Crippen molar-refractivity contribution < 1.29 is 22.7 Å². The molecule has 2 aliphatic rings. The van der Waals surface area contributed by atoms with Crippen LogP contribution in [0.3, 0.4) is 0 Å². The number of carbonyl (C=O) groups excluding carboxylic acids is 1. The van der Waals surface area contributed by atoms with E-state index in [1.165, 1.54) is 4.90 Å². The summed E-state index contributed by atoms with van der Waals surface area (Å²) in [7, 11) is 0. The van der Waals surface area contributed by atoms with Crippen molar-refractivity contribution in [1.29, 1.82) is 0 Å². The van der Waals surface area contributed by atoms with Crippen molar-refractivity contribution in [1.82, 2.24) is 15.1 Å². The van der Waals surface area contributed by atoms with Crippen LogP contribution in [0.15, 0.2) is 0 Å². The molecule has 0 spiro atoms. The molecule has 5 nitrogen and oxygen atoms in total. The van der Waals surface area contributed by atoms with Crippen molar-refractivity contribution in [3.63, 3.8) is 0 Å². The molecule has 2 rings (SSSR count). The molecule has 0 radical (unpaired) electrons. The van der Waals surface area contributed by atoms with E-state index in [-0.39, 0.29) is 18.6 Å². The molecule has 0 aromatic heterocycles. The second kappa shape index (κ2) is 6.93. The average Bonchev–Trinajstić information content (AvgIpc) is 2.62. The number of ether oxygens (including phenoxy) is 1. The van der Waals surface area contributed by atoms with Gasteiger partial charge in [0.25, 0.3) is 0 Å². The lowest BCUT2D eigenvalue weighted by Crippen LogP contribution is -2.56. The lowest BCUT2D eigenvalue weighted by molar-refractivity contribution is -0.145. The zero-order chi connectivity index (χ0) is 15.5. The van der Waals surface area contributed by atoms with Crippen molar-refractivity contribution in [2.75, 3.05) is 45.9 Å². The van der Waals surface area contributed by atoms with Gasteiger partial charge in [-0.05, 0) is 13.3 Å². The molecule has 2 atom stereocenters. The Morgan fingerprint density at radius 3 is 2.71 bits per heavy atom. The van der Waals surface area contributed by atoms with Gasteiger partial charge in [-0.3, -0.25) is 9.69 Å². The van der Waals surface area contributed by atoms with Gasteiger partial charge >= 0.3 is 6.18 Å². The van der Waals surface area contributed by atoms with E-state index in [1.54, 1.807) is 4.90 Å². The van der Waals surface area contributed by atoms with Crippen LogP contribution in [0.2, 0.25) is 0 Å². The molecule has 122 valence electrons. The first kappa shape index (κ1) is 16.5. The Hall–Kier alpha value is -0.860. The maximum atomic E-state index is 12.5. The molecule has 2 fully saturated rings. The quantitative estimate of drug-likeness (QED) is 0.805. The zero-order valence-corrected chi connectivity index (χ0v) is 12.2. The van der Waals surface area contributed by atoms with Gasteiger partial charge in [0.15, 0.2) is 0 Å². The maximum Gasteiger partial charge on any atom is 0.401 e. The molecule has 2 saturated heterocycles. The summed E-state index contributed by atoms with van der Waals surface area (Å²) < 4.78 is 42.7. The van der Waals surface area contributed by atoms with Gasteiger partial charge in [-0.1, -0.05) is 0 Å². The Labute approximate surface area is 122 Å². The van der Waals surface area contributed by atoms with Gasteiger partial charge < -0.3 is 15.0 Å². The third-order valence-corrected chi connectivity index (χ3v) is 3.89. The normalized spacial score (nSPS) is 29.2. The van der Waals surface area contributed by atoms with Crippen molar-refractivity contribution in [3.8, 4) is 0 Å². The first-order chi connectivity index (χ1) is 9.87. The highest BCUT2D eigenvalue weighted by atomic mass is 19.4. The van der Waals surface area contributed by atoms with E-state index in [4.69, 9.17) is 4.74 Å². The lowest BCUT2D eigenvalue weighted by Gasteiger charge is -2.33. The molecule has 21 heavy (non-hydrogen) atoms. The number of hydrogen-bond donors (Lipinski definition) is 1. The van der Waals surface area contributed by atoms with E-state index >= 15 is 0 Å². The number of hydrogen-bond acceptors (Lipinski definition) is 4. The first-order valence-electron chi connectivity index (χ1n) is 7.30. The van der Waals surface area contributed by atoms with Crippen molar-refractivity contribution >= 4 is 5.91 Å². The molecule has 0 saturated carbocycles. The Morgan fingerprint density at radius 2 is 2.05 bits per heavy atom. The third-order valence-electron chi connectivity index (χ3n) is 3.89. The van der Waals surface area contributed by atoms with Crippen molar-refractivity contribution in [3.05, 3.63) is 0 Å². The van der Waals surface area contributed by atoms with E-state index in [0.29, 0.717) is 39.2 Å². The van der Waals surface area contributed by atoms with Gasteiger partial charge in [-0.15, -0.1) is 0 Å². The van der Waals surface area contributed by atoms with Crippen LogP contribution < -0.4 is 5.32 Å². The van der Waals surface area contributed by atoms with Crippen LogP contribution in [-0.4, -0.2) is 79.9 Å². The summed E-state index contributed by atoms with van der Waals surface area (Å²) in [5.74, 6) is -0.0731. The van der Waals surface area contributed by atoms with E-state index < -0.39 is 18.8 Å². The number of halogens is 3. The summed E-state index contributed by atoms with van der Waals surface area (Å²) in [6.45, 7) is 3.58. The third kappa shape index (κ3) is 4.82. The number of carbonyl (C=O) groups is 1. The highest BCUT2D eigenvalue weighted by Crippen LogP contribution is 2.18. The Bertz CT molecular complexity index is 365. The predicted molar refractivity (Wildman–Crippen MR) is 70.9 cm³/mol. The molecule has 0 aliphatic carbocycles. The van der Waals surface area contributed by atoms with Crippen LogP contribution >= 0.6 is 0 Å². The summed E-state index contributed by atoms with van der Waals surface area (Å²) in [6.07, 6.45) is -3.84. The fraction of sp³-hybridized carbons (Fsp3) is 0.923. The first-order valence-corrected chi connectivity index (χ1v) is 7.30.